The second kappa shape index (κ2) is 33.0. The van der Waals surface area contributed by atoms with Crippen molar-refractivity contribution >= 4 is 60.4 Å². The summed E-state index contributed by atoms with van der Waals surface area (Å²) in [6, 6.07) is 34.5. The Morgan fingerprint density at radius 1 is 0.363 bits per heavy atom. The highest BCUT2D eigenvalue weighted by Gasteiger charge is 2.28. The van der Waals surface area contributed by atoms with Crippen molar-refractivity contribution in [2.24, 2.45) is 0 Å². The number of unbranched alkanes of at least 4 members (excludes halogenated alkanes) is 3. The molecule has 6 aromatic carbocycles. The van der Waals surface area contributed by atoms with Crippen LogP contribution in [0, 0.1) is 6.92 Å². The fraction of sp³-hybridized carbons (Fsp3) is 0.532. The number of ether oxygens (including phenoxy) is 6. The maximum absolute atomic E-state index is 6.90. The van der Waals surface area contributed by atoms with Crippen LogP contribution in [0.2, 0.25) is 0 Å². The Morgan fingerprint density at radius 3 is 1.21 bits per heavy atom. The summed E-state index contributed by atoms with van der Waals surface area (Å²) in [5.41, 5.74) is 14.5. The molecule has 496 valence electrons. The topological polar surface area (TPSA) is 126 Å². The molecule has 2 aromatic heterocycles. The Kier molecular flexibility index (Phi) is 25.9. The molecule has 2 unspecified atom stereocenters. The average Bonchev–Trinajstić information content (AvgIpc) is 1.73. The molecule has 0 fully saturated rings. The van der Waals surface area contributed by atoms with Crippen LogP contribution in [0.25, 0.3) is 55.0 Å². The highest BCUT2D eigenvalue weighted by atomic mass is 31.1. The van der Waals surface area contributed by atoms with Gasteiger partial charge in [-0.2, -0.15) is 0 Å². The van der Waals surface area contributed by atoms with Gasteiger partial charge in [0.25, 0.3) is 0 Å². The van der Waals surface area contributed by atoms with Gasteiger partial charge < -0.3 is 45.2 Å². The Balaban J connectivity index is 0.792. The van der Waals surface area contributed by atoms with Gasteiger partial charge in [-0.3, -0.25) is 9.05 Å². The Hall–Kier alpha value is -5.52. The number of fused-ring (bicyclic) bond motifs is 6. The lowest BCUT2D eigenvalue weighted by Gasteiger charge is -2.26. The van der Waals surface area contributed by atoms with Gasteiger partial charge in [-0.25, -0.2) is 0 Å². The maximum atomic E-state index is 6.90. The molecular formula is C77H106O12P2. The van der Waals surface area contributed by atoms with Crippen LogP contribution in [0.15, 0.2) is 114 Å². The number of hydrogen-bond acceptors (Lipinski definition) is 12. The van der Waals surface area contributed by atoms with Gasteiger partial charge in [0.2, 0.25) is 0 Å². The first-order chi connectivity index (χ1) is 43.5. The molecule has 91 heavy (non-hydrogen) atoms. The predicted octanol–water partition coefficient (Wildman–Crippen LogP) is 21.2. The largest absolute Gasteiger partial charge is 0.491 e. The van der Waals surface area contributed by atoms with Gasteiger partial charge in [0, 0.05) is 43.8 Å². The summed E-state index contributed by atoms with van der Waals surface area (Å²) in [5, 5.41) is 4.31. The van der Waals surface area contributed by atoms with Crippen molar-refractivity contribution < 1.29 is 54.3 Å². The van der Waals surface area contributed by atoms with Gasteiger partial charge in [-0.15, -0.1) is 0 Å². The van der Waals surface area contributed by atoms with Gasteiger partial charge in [0.05, 0.1) is 66.1 Å². The van der Waals surface area contributed by atoms with Gasteiger partial charge in [-0.1, -0.05) is 184 Å². The van der Waals surface area contributed by atoms with E-state index in [1.807, 2.05) is 48.5 Å². The Labute approximate surface area is 545 Å². The van der Waals surface area contributed by atoms with Crippen molar-refractivity contribution in [3.8, 4) is 22.6 Å². The van der Waals surface area contributed by atoms with Crippen molar-refractivity contribution in [2.75, 3.05) is 79.3 Å². The van der Waals surface area contributed by atoms with Crippen molar-refractivity contribution in [1.29, 1.82) is 0 Å². The number of hydrogen-bond donors (Lipinski definition) is 0. The van der Waals surface area contributed by atoms with Crippen LogP contribution in [0.1, 0.15) is 187 Å². The van der Waals surface area contributed by atoms with Crippen molar-refractivity contribution in [3.05, 3.63) is 142 Å². The summed E-state index contributed by atoms with van der Waals surface area (Å²) in [5.74, 6) is 1.48. The summed E-state index contributed by atoms with van der Waals surface area (Å²) in [7, 11) is -3.55. The summed E-state index contributed by atoms with van der Waals surface area (Å²) >= 11 is 0. The fourth-order valence-corrected chi connectivity index (χ4v) is 13.3. The second-order valence-corrected chi connectivity index (χ2v) is 30.3. The number of rotatable bonds is 32. The molecule has 8 rings (SSSR count). The van der Waals surface area contributed by atoms with Crippen molar-refractivity contribution in [3.63, 3.8) is 0 Å². The molecule has 0 N–H and O–H groups in total. The normalized spacial score (nSPS) is 12.9. The molecule has 0 spiro atoms. The SMILES string of the molecule is CCCCc1cc(C)c2op(OCCOCCOCCOc3ccccc3-c3ccccc3OCCOCCOCCOp3oc4c(C(C)(C)C)cc(CCCC)cc4c4cc(C(C)(C)C)cc(C(C)(C)C)c4o3)oc3c(CCCC)cc(C(C)(C)C)cc3c2c1. The van der Waals surface area contributed by atoms with E-state index < -0.39 is 16.5 Å². The molecule has 2 atom stereocenters. The molecule has 0 aliphatic carbocycles. The first-order valence-electron chi connectivity index (χ1n) is 33.5. The van der Waals surface area contributed by atoms with E-state index in [4.69, 9.17) is 54.3 Å². The lowest BCUT2D eigenvalue weighted by molar-refractivity contribution is 0.0303. The third-order valence-electron chi connectivity index (χ3n) is 16.4. The number of aryl methyl sites for hydroxylation is 4. The molecule has 0 saturated carbocycles. The minimum atomic E-state index is -1.81. The van der Waals surface area contributed by atoms with E-state index in [1.54, 1.807) is 0 Å². The molecule has 0 saturated heterocycles. The monoisotopic (exact) mass is 1280 g/mol. The Bertz CT molecular complexity index is 3720. The molecule has 2 heterocycles. The molecule has 8 aromatic rings. The van der Waals surface area contributed by atoms with E-state index in [2.05, 4.69) is 159 Å². The fourth-order valence-electron chi connectivity index (χ4n) is 11.1. The highest BCUT2D eigenvalue weighted by molar-refractivity contribution is 7.32. The van der Waals surface area contributed by atoms with Crippen LogP contribution in [0.3, 0.4) is 0 Å². The van der Waals surface area contributed by atoms with E-state index in [-0.39, 0.29) is 21.7 Å². The van der Waals surface area contributed by atoms with Gasteiger partial charge in [0.1, 0.15) is 47.0 Å². The van der Waals surface area contributed by atoms with E-state index >= 15 is 0 Å². The van der Waals surface area contributed by atoms with Gasteiger partial charge >= 0.3 is 16.5 Å². The molecular weight excluding hydrogens is 1180 g/mol. The lowest BCUT2D eigenvalue weighted by atomic mass is 9.79. The molecule has 0 amide bonds. The first-order valence-corrected chi connectivity index (χ1v) is 35.7. The minimum Gasteiger partial charge on any atom is -0.491 e. The van der Waals surface area contributed by atoms with Crippen LogP contribution >= 0.6 is 16.5 Å². The second-order valence-electron chi connectivity index (χ2n) is 28.2. The average molecular weight is 1290 g/mol. The van der Waals surface area contributed by atoms with E-state index in [0.717, 1.165) is 141 Å². The minimum absolute atomic E-state index is 0.0283. The maximum Gasteiger partial charge on any atom is 0.387 e. The third kappa shape index (κ3) is 19.8. The summed E-state index contributed by atoms with van der Waals surface area (Å²) in [6.45, 7) is 40.5. The zero-order valence-corrected chi connectivity index (χ0v) is 59.7. The van der Waals surface area contributed by atoms with Gasteiger partial charge in [-0.05, 0) is 137 Å². The van der Waals surface area contributed by atoms with Crippen molar-refractivity contribution in [1.82, 2.24) is 0 Å². The zero-order valence-electron chi connectivity index (χ0n) is 57.9. The zero-order chi connectivity index (χ0) is 65.3. The smallest absolute Gasteiger partial charge is 0.387 e. The summed E-state index contributed by atoms with van der Waals surface area (Å²) in [4.78, 5) is 0. The molecule has 0 radical (unpaired) electrons. The van der Waals surface area contributed by atoms with Crippen LogP contribution in [-0.4, -0.2) is 79.3 Å². The summed E-state index contributed by atoms with van der Waals surface area (Å²) < 4.78 is 76.6. The molecule has 0 aliphatic heterocycles. The standard InChI is InChI=1S/C77H106O12P2/c1-17-20-27-55-46-54(4)70-62(47-55)64-51-58(74(5,6)7)50-57(29-22-19-3)71(64)87-90(86-70)84-44-40-80-36-34-78-38-42-82-68-32-25-23-30-60(68)61-31-24-26-33-69(61)83-43-39-79-35-37-81-41-45-85-91-88-72-63(48-56(28-21-18-2)49-66(72)76(11,12)13)65-52-59(75(8,9)10)53-67(73(65)89-91)77(14,15)16/h23-26,30-33,46-53H,17-22,27-29,34-45H2,1-16H3. The van der Waals surface area contributed by atoms with Gasteiger partial charge in [0.15, 0.2) is 0 Å². The summed E-state index contributed by atoms with van der Waals surface area (Å²) in [6.07, 6.45) is 9.65. The number of benzene rings is 6. The predicted molar refractivity (Wildman–Crippen MR) is 377 cm³/mol. The van der Waals surface area contributed by atoms with Crippen LogP contribution in [-0.2, 0) is 59.9 Å². The van der Waals surface area contributed by atoms with E-state index in [9.17, 15) is 0 Å². The van der Waals surface area contributed by atoms with E-state index in [0.29, 0.717) is 79.3 Å². The number of para-hydroxylation sites is 2. The Morgan fingerprint density at radius 2 is 0.736 bits per heavy atom. The first kappa shape index (κ1) is 71.3. The van der Waals surface area contributed by atoms with Crippen molar-refractivity contribution in [2.45, 2.75) is 190 Å². The van der Waals surface area contributed by atoms with Crippen LogP contribution < -0.4 is 18.5 Å². The molecule has 0 aliphatic rings. The van der Waals surface area contributed by atoms with Crippen LogP contribution in [0.5, 0.6) is 11.5 Å². The van der Waals surface area contributed by atoms with Crippen LogP contribution in [0.4, 0.5) is 0 Å². The lowest BCUT2D eigenvalue weighted by Crippen LogP contribution is -2.16. The third-order valence-corrected chi connectivity index (χ3v) is 18.5. The molecule has 14 heteroatoms. The molecule has 0 bridgehead atoms. The molecule has 12 nitrogen and oxygen atoms in total. The van der Waals surface area contributed by atoms with E-state index in [1.165, 1.54) is 27.8 Å². The highest BCUT2D eigenvalue weighted by Crippen LogP contribution is 2.45. The quantitative estimate of drug-likeness (QED) is 0.0373.